The van der Waals surface area contributed by atoms with Gasteiger partial charge in [-0.3, -0.25) is 9.78 Å². The molecule has 0 aromatic carbocycles. The van der Waals surface area contributed by atoms with Crippen LogP contribution in [0.25, 0.3) is 0 Å². The minimum absolute atomic E-state index is 0.0177. The Bertz CT molecular complexity index is 521. The second-order valence-corrected chi connectivity index (χ2v) is 6.51. The van der Waals surface area contributed by atoms with Crippen LogP contribution in [0.3, 0.4) is 0 Å². The molecule has 5 nitrogen and oxygen atoms in total. The molecule has 1 aliphatic carbocycles. The summed E-state index contributed by atoms with van der Waals surface area (Å²) in [5.74, 6) is -0.189. The number of pyridine rings is 1. The smallest absolute Gasteiger partial charge is 0.245 e. The lowest BCUT2D eigenvalue weighted by atomic mass is 9.54. The zero-order valence-electron chi connectivity index (χ0n) is 11.9. The van der Waals surface area contributed by atoms with E-state index >= 15 is 0 Å². The minimum Gasteiger partial charge on any atom is -0.378 e. The van der Waals surface area contributed by atoms with Crippen LogP contribution in [0.1, 0.15) is 27.2 Å². The maximum absolute atomic E-state index is 12.5. The number of hydrogen-bond donors (Lipinski definition) is 2. The van der Waals surface area contributed by atoms with Crippen LogP contribution in [0.5, 0.6) is 0 Å². The third-order valence-electron chi connectivity index (χ3n) is 4.26. The lowest BCUT2D eigenvalue weighted by molar-refractivity contribution is -0.166. The van der Waals surface area contributed by atoms with Crippen molar-refractivity contribution in [1.29, 1.82) is 0 Å². The van der Waals surface area contributed by atoms with Gasteiger partial charge in [-0.15, -0.1) is 0 Å². The molecule has 110 valence electrons. The van der Waals surface area contributed by atoms with Gasteiger partial charge >= 0.3 is 0 Å². The molecule has 6 heteroatoms. The first-order chi connectivity index (χ1) is 9.33. The van der Waals surface area contributed by atoms with Crippen molar-refractivity contribution in [1.82, 2.24) is 4.98 Å². The van der Waals surface area contributed by atoms with E-state index < -0.39 is 11.0 Å². The predicted molar refractivity (Wildman–Crippen MR) is 81.3 cm³/mol. The van der Waals surface area contributed by atoms with E-state index in [4.69, 9.17) is 10.5 Å². The number of hydrogen-bond acceptors (Lipinski definition) is 4. The Morgan fingerprint density at radius 2 is 2.35 bits per heavy atom. The fourth-order valence-electron chi connectivity index (χ4n) is 2.53. The molecule has 20 heavy (non-hydrogen) atoms. The predicted octanol–water partition coefficient (Wildman–Crippen LogP) is 2.32. The summed E-state index contributed by atoms with van der Waals surface area (Å²) >= 11 is 3.35. The molecule has 0 spiro atoms. The molecule has 1 aromatic rings. The molecule has 1 heterocycles. The van der Waals surface area contributed by atoms with Crippen LogP contribution >= 0.6 is 15.9 Å². The van der Waals surface area contributed by atoms with Gasteiger partial charge in [0.15, 0.2) is 0 Å². The van der Waals surface area contributed by atoms with E-state index in [1.54, 1.807) is 18.5 Å². The molecule has 2 unspecified atom stereocenters. The van der Waals surface area contributed by atoms with E-state index in [9.17, 15) is 4.79 Å². The van der Waals surface area contributed by atoms with Crippen LogP contribution in [-0.4, -0.2) is 29.1 Å². The molecule has 0 radical (unpaired) electrons. The first-order valence-electron chi connectivity index (χ1n) is 6.64. The van der Waals surface area contributed by atoms with Crippen LogP contribution < -0.4 is 11.1 Å². The summed E-state index contributed by atoms with van der Waals surface area (Å²) in [7, 11) is 0. The van der Waals surface area contributed by atoms with Gasteiger partial charge in [0.05, 0.1) is 16.3 Å². The van der Waals surface area contributed by atoms with E-state index in [1.807, 2.05) is 20.8 Å². The fourth-order valence-corrected chi connectivity index (χ4v) is 2.88. The summed E-state index contributed by atoms with van der Waals surface area (Å²) in [6.07, 6.45) is 3.80. The van der Waals surface area contributed by atoms with Crippen LogP contribution in [0.15, 0.2) is 22.9 Å². The normalized spacial score (nSPS) is 27.8. The van der Waals surface area contributed by atoms with Crippen molar-refractivity contribution in [3.05, 3.63) is 22.9 Å². The molecule has 0 saturated heterocycles. The molecule has 1 aromatic heterocycles. The van der Waals surface area contributed by atoms with Crippen molar-refractivity contribution in [3.8, 4) is 0 Å². The highest BCUT2D eigenvalue weighted by molar-refractivity contribution is 9.10. The third kappa shape index (κ3) is 2.36. The van der Waals surface area contributed by atoms with Gasteiger partial charge in [0, 0.05) is 30.8 Å². The van der Waals surface area contributed by atoms with Gasteiger partial charge in [-0.2, -0.15) is 0 Å². The summed E-state index contributed by atoms with van der Waals surface area (Å²) in [6, 6.07) is 1.73. The van der Waals surface area contributed by atoms with E-state index in [0.29, 0.717) is 18.7 Å². The standard InChI is InChI=1S/C14H20BrN3O2/c1-4-20-11-7-14(16,13(11,2)3)12(19)18-10-5-6-17-8-9(10)15/h5-6,8,11H,4,7,16H2,1-3H3,(H,17,18,19). The van der Waals surface area contributed by atoms with E-state index in [-0.39, 0.29) is 12.0 Å². The summed E-state index contributed by atoms with van der Waals surface area (Å²) < 4.78 is 6.37. The molecular formula is C14H20BrN3O2. The average Bonchev–Trinajstić information content (AvgIpc) is 2.40. The van der Waals surface area contributed by atoms with Gasteiger partial charge < -0.3 is 15.8 Å². The molecule has 1 fully saturated rings. The van der Waals surface area contributed by atoms with Crippen molar-refractivity contribution in [2.45, 2.75) is 38.8 Å². The maximum Gasteiger partial charge on any atom is 0.245 e. The van der Waals surface area contributed by atoms with Gasteiger partial charge in [-0.05, 0) is 28.9 Å². The highest BCUT2D eigenvalue weighted by atomic mass is 79.9. The lowest BCUT2D eigenvalue weighted by Crippen LogP contribution is -2.74. The number of ether oxygens (including phenoxy) is 1. The van der Waals surface area contributed by atoms with Crippen LogP contribution in [0, 0.1) is 5.41 Å². The van der Waals surface area contributed by atoms with E-state index in [2.05, 4.69) is 26.2 Å². The molecule has 0 bridgehead atoms. The number of halogens is 1. The van der Waals surface area contributed by atoms with Crippen LogP contribution in [0.2, 0.25) is 0 Å². The van der Waals surface area contributed by atoms with Crippen molar-refractivity contribution in [2.75, 3.05) is 11.9 Å². The number of carbonyl (C=O) groups excluding carboxylic acids is 1. The Morgan fingerprint density at radius 1 is 1.65 bits per heavy atom. The molecular weight excluding hydrogens is 322 g/mol. The van der Waals surface area contributed by atoms with Crippen LogP contribution in [-0.2, 0) is 9.53 Å². The number of rotatable bonds is 4. The number of carbonyl (C=O) groups is 1. The van der Waals surface area contributed by atoms with Gasteiger partial charge in [-0.25, -0.2) is 0 Å². The third-order valence-corrected chi connectivity index (χ3v) is 4.89. The number of anilines is 1. The largest absolute Gasteiger partial charge is 0.378 e. The zero-order valence-corrected chi connectivity index (χ0v) is 13.5. The van der Waals surface area contributed by atoms with Gasteiger partial charge in [0.25, 0.3) is 0 Å². The number of nitrogens with two attached hydrogens (primary N) is 1. The summed E-state index contributed by atoms with van der Waals surface area (Å²) in [5.41, 5.74) is 5.67. The minimum atomic E-state index is -0.921. The molecule has 2 atom stereocenters. The van der Waals surface area contributed by atoms with Crippen molar-refractivity contribution in [2.24, 2.45) is 11.1 Å². The molecule has 2 rings (SSSR count). The van der Waals surface area contributed by atoms with Gasteiger partial charge in [0.1, 0.15) is 5.54 Å². The molecule has 3 N–H and O–H groups in total. The SMILES string of the molecule is CCOC1CC(N)(C(=O)Nc2ccncc2Br)C1(C)C. The highest BCUT2D eigenvalue weighted by Crippen LogP contribution is 2.50. The second-order valence-electron chi connectivity index (χ2n) is 5.65. The zero-order chi connectivity index (χ0) is 15.0. The van der Waals surface area contributed by atoms with Gasteiger partial charge in [-0.1, -0.05) is 13.8 Å². The fraction of sp³-hybridized carbons (Fsp3) is 0.571. The quantitative estimate of drug-likeness (QED) is 0.880. The summed E-state index contributed by atoms with van der Waals surface area (Å²) in [6.45, 7) is 6.51. The Balaban J connectivity index is 2.12. The monoisotopic (exact) mass is 341 g/mol. The Morgan fingerprint density at radius 3 is 2.90 bits per heavy atom. The van der Waals surface area contributed by atoms with Crippen molar-refractivity contribution < 1.29 is 9.53 Å². The first kappa shape index (κ1) is 15.4. The molecule has 1 saturated carbocycles. The first-order valence-corrected chi connectivity index (χ1v) is 7.43. The average molecular weight is 342 g/mol. The number of nitrogens with zero attached hydrogens (tertiary/aromatic N) is 1. The van der Waals surface area contributed by atoms with Crippen LogP contribution in [0.4, 0.5) is 5.69 Å². The second kappa shape index (κ2) is 5.42. The maximum atomic E-state index is 12.5. The number of aromatic nitrogens is 1. The summed E-state index contributed by atoms with van der Waals surface area (Å²) in [5, 5.41) is 2.86. The highest BCUT2D eigenvalue weighted by Gasteiger charge is 2.62. The topological polar surface area (TPSA) is 77.2 Å². The number of nitrogens with one attached hydrogen (secondary N) is 1. The van der Waals surface area contributed by atoms with Gasteiger partial charge in [0.2, 0.25) is 5.91 Å². The van der Waals surface area contributed by atoms with Crippen molar-refractivity contribution in [3.63, 3.8) is 0 Å². The number of amides is 1. The van der Waals surface area contributed by atoms with E-state index in [1.165, 1.54) is 0 Å². The van der Waals surface area contributed by atoms with Crippen molar-refractivity contribution >= 4 is 27.5 Å². The molecule has 1 amide bonds. The Kier molecular flexibility index (Phi) is 4.18. The Labute approximate surface area is 127 Å². The lowest BCUT2D eigenvalue weighted by Gasteiger charge is -2.57. The summed E-state index contributed by atoms with van der Waals surface area (Å²) in [4.78, 5) is 16.5. The van der Waals surface area contributed by atoms with E-state index in [0.717, 1.165) is 4.47 Å². The molecule has 1 aliphatic rings. The molecule has 0 aliphatic heterocycles. The Hall–Kier alpha value is -0.980.